The monoisotopic (exact) mass is 298 g/mol. The molecule has 0 saturated carbocycles. The van der Waals surface area contributed by atoms with E-state index < -0.39 is 0 Å². The standard InChI is InChI=1S/C14H26N4OS/c1-16(7-4-13(15)20)14(19)5-8-17-9-10-18-6-2-3-12(18)11-17/h12H,2-11H2,1H3,(H2,15,20). The van der Waals surface area contributed by atoms with E-state index in [2.05, 4.69) is 9.80 Å². The Morgan fingerprint density at radius 2 is 2.15 bits per heavy atom. The van der Waals surface area contributed by atoms with Gasteiger partial charge in [0.1, 0.15) is 0 Å². The number of carbonyl (C=O) groups excluding carboxylic acids is 1. The van der Waals surface area contributed by atoms with Crippen molar-refractivity contribution in [3.8, 4) is 0 Å². The fourth-order valence-electron chi connectivity index (χ4n) is 3.11. The molecule has 2 rings (SSSR count). The summed E-state index contributed by atoms with van der Waals surface area (Å²) in [4.78, 5) is 19.3. The van der Waals surface area contributed by atoms with Crippen LogP contribution >= 0.6 is 12.2 Å². The van der Waals surface area contributed by atoms with Crippen LogP contribution in [0, 0.1) is 0 Å². The van der Waals surface area contributed by atoms with Crippen LogP contribution < -0.4 is 5.73 Å². The molecule has 5 nitrogen and oxygen atoms in total. The van der Waals surface area contributed by atoms with Crippen molar-refractivity contribution >= 4 is 23.1 Å². The van der Waals surface area contributed by atoms with E-state index in [0.717, 1.165) is 32.2 Å². The fraction of sp³-hybridized carbons (Fsp3) is 0.857. The Morgan fingerprint density at radius 3 is 2.90 bits per heavy atom. The lowest BCUT2D eigenvalue weighted by molar-refractivity contribution is -0.130. The summed E-state index contributed by atoms with van der Waals surface area (Å²) in [5.74, 6) is 0.190. The van der Waals surface area contributed by atoms with Crippen molar-refractivity contribution in [3.63, 3.8) is 0 Å². The minimum atomic E-state index is 0.190. The highest BCUT2D eigenvalue weighted by Crippen LogP contribution is 2.21. The first-order valence-corrected chi connectivity index (χ1v) is 7.96. The number of amides is 1. The smallest absolute Gasteiger partial charge is 0.223 e. The van der Waals surface area contributed by atoms with Gasteiger partial charge in [0.15, 0.2) is 0 Å². The number of carbonyl (C=O) groups is 1. The molecular weight excluding hydrogens is 272 g/mol. The highest BCUT2D eigenvalue weighted by atomic mass is 32.1. The summed E-state index contributed by atoms with van der Waals surface area (Å²) in [6.07, 6.45) is 3.86. The molecule has 0 aliphatic carbocycles. The topological polar surface area (TPSA) is 52.8 Å². The maximum atomic E-state index is 12.0. The second-order valence-electron chi connectivity index (χ2n) is 5.91. The van der Waals surface area contributed by atoms with Gasteiger partial charge >= 0.3 is 0 Å². The van der Waals surface area contributed by atoms with Gasteiger partial charge in [0.05, 0.1) is 4.99 Å². The molecule has 2 saturated heterocycles. The molecule has 2 aliphatic heterocycles. The van der Waals surface area contributed by atoms with E-state index in [-0.39, 0.29) is 5.91 Å². The van der Waals surface area contributed by atoms with Crippen LogP contribution in [0.4, 0.5) is 0 Å². The van der Waals surface area contributed by atoms with Crippen molar-refractivity contribution in [2.45, 2.75) is 31.7 Å². The molecule has 20 heavy (non-hydrogen) atoms. The lowest BCUT2D eigenvalue weighted by Gasteiger charge is -2.37. The lowest BCUT2D eigenvalue weighted by Crippen LogP contribution is -2.50. The van der Waals surface area contributed by atoms with Crippen LogP contribution in [0.3, 0.4) is 0 Å². The average molecular weight is 298 g/mol. The molecule has 0 aromatic rings. The van der Waals surface area contributed by atoms with Gasteiger partial charge in [0.2, 0.25) is 5.91 Å². The second-order valence-corrected chi connectivity index (χ2v) is 6.44. The van der Waals surface area contributed by atoms with E-state index >= 15 is 0 Å². The maximum absolute atomic E-state index is 12.0. The molecule has 0 spiro atoms. The van der Waals surface area contributed by atoms with Gasteiger partial charge in [-0.25, -0.2) is 0 Å². The molecule has 0 aromatic carbocycles. The normalized spacial score (nSPS) is 23.6. The van der Waals surface area contributed by atoms with Gasteiger partial charge in [-0.15, -0.1) is 0 Å². The molecule has 1 atom stereocenters. The number of nitrogens with two attached hydrogens (primary N) is 1. The van der Waals surface area contributed by atoms with E-state index in [1.165, 1.54) is 19.4 Å². The molecule has 2 N–H and O–H groups in total. The number of piperazine rings is 1. The van der Waals surface area contributed by atoms with Crippen LogP contribution in [0.15, 0.2) is 0 Å². The van der Waals surface area contributed by atoms with Gasteiger partial charge in [0, 0.05) is 58.7 Å². The number of hydrogen-bond acceptors (Lipinski definition) is 4. The van der Waals surface area contributed by atoms with Crippen LogP contribution in [0.25, 0.3) is 0 Å². The highest BCUT2D eigenvalue weighted by Gasteiger charge is 2.30. The molecule has 0 bridgehead atoms. The summed E-state index contributed by atoms with van der Waals surface area (Å²) in [6.45, 7) is 6.16. The average Bonchev–Trinajstić information content (AvgIpc) is 2.89. The Bertz CT molecular complexity index is 363. The third-order valence-corrected chi connectivity index (χ3v) is 4.64. The van der Waals surface area contributed by atoms with Crippen molar-refractivity contribution in [2.24, 2.45) is 5.73 Å². The quantitative estimate of drug-likeness (QED) is 0.715. The second kappa shape index (κ2) is 7.33. The number of nitrogens with zero attached hydrogens (tertiary/aromatic N) is 3. The highest BCUT2D eigenvalue weighted by molar-refractivity contribution is 7.80. The fourth-order valence-corrected chi connectivity index (χ4v) is 3.20. The summed E-state index contributed by atoms with van der Waals surface area (Å²) in [5, 5.41) is 0. The molecule has 0 aromatic heterocycles. The van der Waals surface area contributed by atoms with Crippen LogP contribution in [0.1, 0.15) is 25.7 Å². The van der Waals surface area contributed by atoms with E-state index in [0.29, 0.717) is 24.4 Å². The van der Waals surface area contributed by atoms with Crippen molar-refractivity contribution < 1.29 is 4.79 Å². The zero-order valence-electron chi connectivity index (χ0n) is 12.4. The Morgan fingerprint density at radius 1 is 1.35 bits per heavy atom. The molecule has 0 radical (unpaired) electrons. The summed E-state index contributed by atoms with van der Waals surface area (Å²) in [7, 11) is 1.83. The molecule has 2 fully saturated rings. The van der Waals surface area contributed by atoms with E-state index in [1.54, 1.807) is 4.90 Å². The molecule has 2 heterocycles. The SMILES string of the molecule is CN(CCC(N)=S)C(=O)CCN1CCN2CCCC2C1. The molecule has 114 valence electrons. The summed E-state index contributed by atoms with van der Waals surface area (Å²) < 4.78 is 0. The third-order valence-electron chi connectivity index (χ3n) is 4.43. The predicted molar refractivity (Wildman–Crippen MR) is 84.7 cm³/mol. The van der Waals surface area contributed by atoms with Gasteiger partial charge in [-0.2, -0.15) is 0 Å². The van der Waals surface area contributed by atoms with E-state index in [1.807, 2.05) is 7.05 Å². The Labute approximate surface area is 127 Å². The molecule has 2 aliphatic rings. The number of fused-ring (bicyclic) bond motifs is 1. The molecule has 1 amide bonds. The Balaban J connectivity index is 1.66. The Hall–Kier alpha value is -0.720. The molecular formula is C14H26N4OS. The summed E-state index contributed by atoms with van der Waals surface area (Å²) in [5.41, 5.74) is 5.46. The summed E-state index contributed by atoms with van der Waals surface area (Å²) in [6, 6.07) is 0.728. The Kier molecular flexibility index (Phi) is 5.74. The minimum Gasteiger partial charge on any atom is -0.393 e. The van der Waals surface area contributed by atoms with Crippen molar-refractivity contribution in [3.05, 3.63) is 0 Å². The van der Waals surface area contributed by atoms with Gasteiger partial charge in [0.25, 0.3) is 0 Å². The number of hydrogen-bond donors (Lipinski definition) is 1. The third kappa shape index (κ3) is 4.40. The van der Waals surface area contributed by atoms with Crippen LogP contribution in [0.5, 0.6) is 0 Å². The summed E-state index contributed by atoms with van der Waals surface area (Å²) >= 11 is 4.84. The molecule has 6 heteroatoms. The van der Waals surface area contributed by atoms with Gasteiger partial charge in [-0.05, 0) is 19.4 Å². The zero-order valence-corrected chi connectivity index (χ0v) is 13.2. The first kappa shape index (κ1) is 15.7. The van der Waals surface area contributed by atoms with E-state index in [9.17, 15) is 4.79 Å². The number of thiocarbonyl (C=S) groups is 1. The first-order chi connectivity index (χ1) is 9.56. The minimum absolute atomic E-state index is 0.190. The predicted octanol–water partition coefficient (Wildman–Crippen LogP) is 0.291. The van der Waals surface area contributed by atoms with Crippen molar-refractivity contribution in [1.29, 1.82) is 0 Å². The molecule has 1 unspecified atom stereocenters. The van der Waals surface area contributed by atoms with Crippen molar-refractivity contribution in [1.82, 2.24) is 14.7 Å². The first-order valence-electron chi connectivity index (χ1n) is 7.55. The van der Waals surface area contributed by atoms with E-state index in [4.69, 9.17) is 18.0 Å². The largest absolute Gasteiger partial charge is 0.393 e. The van der Waals surface area contributed by atoms with Crippen LogP contribution in [0.2, 0.25) is 0 Å². The van der Waals surface area contributed by atoms with Gasteiger partial charge in [-0.3, -0.25) is 14.6 Å². The van der Waals surface area contributed by atoms with Crippen LogP contribution in [-0.2, 0) is 4.79 Å². The van der Waals surface area contributed by atoms with Crippen LogP contribution in [-0.4, -0.2) is 78.0 Å². The lowest BCUT2D eigenvalue weighted by atomic mass is 10.1. The zero-order chi connectivity index (χ0) is 14.5. The number of rotatable bonds is 6. The maximum Gasteiger partial charge on any atom is 0.223 e. The van der Waals surface area contributed by atoms with Crippen molar-refractivity contribution in [2.75, 3.05) is 46.3 Å². The van der Waals surface area contributed by atoms with Gasteiger partial charge < -0.3 is 10.6 Å². The van der Waals surface area contributed by atoms with Gasteiger partial charge in [-0.1, -0.05) is 12.2 Å².